The monoisotopic (exact) mass is 333 g/mol. The van der Waals surface area contributed by atoms with E-state index in [4.69, 9.17) is 4.74 Å². The number of nitrogens with one attached hydrogen (secondary N) is 1. The summed E-state index contributed by atoms with van der Waals surface area (Å²) in [5.74, 6) is -0.559. The lowest BCUT2D eigenvalue weighted by molar-refractivity contribution is -0.163. The number of nitrogens with zero attached hydrogens (tertiary/aromatic N) is 2. The number of carbonyl (C=O) groups is 2. The molecule has 0 radical (unpaired) electrons. The van der Waals surface area contributed by atoms with Gasteiger partial charge < -0.3 is 10.1 Å². The highest BCUT2D eigenvalue weighted by Gasteiger charge is 2.43. The van der Waals surface area contributed by atoms with Crippen LogP contribution in [0, 0.1) is 0 Å². The average Bonchev–Trinajstić information content (AvgIpc) is 3.24. The van der Waals surface area contributed by atoms with Crippen molar-refractivity contribution in [3.8, 4) is 0 Å². The van der Waals surface area contributed by atoms with Gasteiger partial charge in [0.2, 0.25) is 5.91 Å². The van der Waals surface area contributed by atoms with Gasteiger partial charge in [0.05, 0.1) is 0 Å². The van der Waals surface area contributed by atoms with Crippen LogP contribution < -0.4 is 5.32 Å². The number of pyridine rings is 1. The second-order valence-corrected chi connectivity index (χ2v) is 7.70. The van der Waals surface area contributed by atoms with E-state index in [1.165, 1.54) is 0 Å². The molecule has 1 N–H and O–H groups in total. The van der Waals surface area contributed by atoms with E-state index in [1.54, 1.807) is 20.0 Å². The van der Waals surface area contributed by atoms with E-state index in [2.05, 4.69) is 15.2 Å². The van der Waals surface area contributed by atoms with Crippen molar-refractivity contribution in [1.29, 1.82) is 0 Å². The quantitative estimate of drug-likeness (QED) is 0.632. The minimum Gasteiger partial charge on any atom is -0.458 e. The third-order valence-electron chi connectivity index (χ3n) is 3.74. The first-order valence-electron chi connectivity index (χ1n) is 8.28. The van der Waals surface area contributed by atoms with Crippen LogP contribution in [0.25, 0.3) is 0 Å². The van der Waals surface area contributed by atoms with Gasteiger partial charge in [0.15, 0.2) is 0 Å². The highest BCUT2D eigenvalue weighted by Crippen LogP contribution is 2.20. The molecule has 1 fully saturated rings. The predicted molar refractivity (Wildman–Crippen MR) is 91.4 cm³/mol. The Kier molecular flexibility index (Phi) is 5.28. The normalized spacial score (nSPS) is 20.4. The first-order chi connectivity index (χ1) is 11.1. The maximum Gasteiger partial charge on any atom is 0.331 e. The Morgan fingerprint density at radius 3 is 2.58 bits per heavy atom. The number of carbonyl (C=O) groups excluding carboxylic acids is 2. The van der Waals surface area contributed by atoms with Crippen LogP contribution in [0.4, 0.5) is 0 Å². The van der Waals surface area contributed by atoms with Crippen LogP contribution in [0.15, 0.2) is 24.4 Å². The van der Waals surface area contributed by atoms with Crippen molar-refractivity contribution < 1.29 is 14.3 Å². The number of esters is 1. The van der Waals surface area contributed by atoms with E-state index in [0.29, 0.717) is 6.54 Å². The van der Waals surface area contributed by atoms with E-state index in [1.807, 2.05) is 39.0 Å². The van der Waals surface area contributed by atoms with Crippen LogP contribution >= 0.6 is 0 Å². The van der Waals surface area contributed by atoms with Crippen molar-refractivity contribution in [1.82, 2.24) is 15.2 Å². The molecule has 6 nitrogen and oxygen atoms in total. The minimum atomic E-state index is -1.04. The van der Waals surface area contributed by atoms with Gasteiger partial charge in [-0.3, -0.25) is 14.7 Å². The lowest BCUT2D eigenvalue weighted by atomic mass is 10.0. The number of amides is 1. The molecule has 0 spiro atoms. The van der Waals surface area contributed by atoms with Gasteiger partial charge in [-0.25, -0.2) is 4.79 Å². The Morgan fingerprint density at radius 1 is 1.29 bits per heavy atom. The molecule has 2 heterocycles. The summed E-state index contributed by atoms with van der Waals surface area (Å²) in [5, 5.41) is 2.80. The Balaban J connectivity index is 1.80. The number of rotatable bonds is 6. The number of ether oxygens (including phenoxy) is 1. The molecule has 0 aromatic carbocycles. The van der Waals surface area contributed by atoms with Crippen molar-refractivity contribution in [2.24, 2.45) is 0 Å². The Hall–Kier alpha value is -1.95. The molecule has 1 aliphatic heterocycles. The van der Waals surface area contributed by atoms with Crippen LogP contribution in [-0.2, 0) is 20.7 Å². The number of hydrogen-bond acceptors (Lipinski definition) is 5. The number of hydrogen-bond donors (Lipinski definition) is 1. The molecule has 24 heavy (non-hydrogen) atoms. The Bertz CT molecular complexity index is 593. The molecule has 0 bridgehead atoms. The fraction of sp³-hybridized carbons (Fsp3) is 0.611. The molecule has 6 heteroatoms. The zero-order valence-corrected chi connectivity index (χ0v) is 15.1. The van der Waals surface area contributed by atoms with Gasteiger partial charge >= 0.3 is 5.97 Å². The van der Waals surface area contributed by atoms with Crippen LogP contribution in [0.1, 0.15) is 40.3 Å². The minimum absolute atomic E-state index is 0.133. The third-order valence-corrected chi connectivity index (χ3v) is 3.74. The van der Waals surface area contributed by atoms with Gasteiger partial charge in [0.25, 0.3) is 0 Å². The summed E-state index contributed by atoms with van der Waals surface area (Å²) in [6, 6.07) is 5.65. The molecule has 0 saturated carbocycles. The SMILES string of the molecule is CC(C)(C)OC(=O)C(C)(C)NC(=O)C1CN1CCc1ccccn1. The van der Waals surface area contributed by atoms with E-state index < -0.39 is 17.1 Å². The molecule has 0 aliphatic carbocycles. The van der Waals surface area contributed by atoms with Gasteiger partial charge in [-0.15, -0.1) is 0 Å². The second kappa shape index (κ2) is 6.89. The summed E-state index contributed by atoms with van der Waals surface area (Å²) in [5.41, 5.74) is -0.606. The predicted octanol–water partition coefficient (Wildman–Crippen LogP) is 1.54. The smallest absolute Gasteiger partial charge is 0.331 e. The molecule has 2 rings (SSSR count). The maximum absolute atomic E-state index is 12.3. The van der Waals surface area contributed by atoms with Crippen molar-refractivity contribution in [3.05, 3.63) is 30.1 Å². The molecule has 132 valence electrons. The molecule has 2 unspecified atom stereocenters. The van der Waals surface area contributed by atoms with Gasteiger partial charge in [-0.05, 0) is 46.8 Å². The Labute approximate surface area is 143 Å². The van der Waals surface area contributed by atoms with Crippen LogP contribution in [0.3, 0.4) is 0 Å². The summed E-state index contributed by atoms with van der Waals surface area (Å²) in [6.45, 7) is 10.2. The van der Waals surface area contributed by atoms with Crippen LogP contribution in [-0.4, -0.2) is 52.0 Å². The first-order valence-corrected chi connectivity index (χ1v) is 8.28. The van der Waals surface area contributed by atoms with Gasteiger partial charge in [0, 0.05) is 31.4 Å². The lowest BCUT2D eigenvalue weighted by Gasteiger charge is -2.29. The maximum atomic E-state index is 12.3. The first kappa shape index (κ1) is 18.4. The van der Waals surface area contributed by atoms with E-state index in [-0.39, 0.29) is 11.9 Å². The summed E-state index contributed by atoms with van der Waals surface area (Å²) < 4.78 is 5.36. The summed E-state index contributed by atoms with van der Waals surface area (Å²) in [4.78, 5) is 30.9. The van der Waals surface area contributed by atoms with Crippen molar-refractivity contribution in [3.63, 3.8) is 0 Å². The van der Waals surface area contributed by atoms with Crippen molar-refractivity contribution in [2.75, 3.05) is 13.1 Å². The fourth-order valence-corrected chi connectivity index (χ4v) is 2.32. The summed E-state index contributed by atoms with van der Waals surface area (Å²) in [6.07, 6.45) is 2.57. The van der Waals surface area contributed by atoms with E-state index in [9.17, 15) is 9.59 Å². The van der Waals surface area contributed by atoms with Crippen molar-refractivity contribution in [2.45, 2.75) is 58.2 Å². The molecular formula is C18H27N3O3. The Morgan fingerprint density at radius 2 is 2.00 bits per heavy atom. The van der Waals surface area contributed by atoms with Crippen molar-refractivity contribution >= 4 is 11.9 Å². The number of aromatic nitrogens is 1. The molecule has 1 amide bonds. The molecule has 1 aliphatic rings. The molecule has 1 saturated heterocycles. The third kappa shape index (κ3) is 5.30. The van der Waals surface area contributed by atoms with E-state index >= 15 is 0 Å². The highest BCUT2D eigenvalue weighted by molar-refractivity contribution is 5.91. The van der Waals surface area contributed by atoms with E-state index in [0.717, 1.165) is 18.7 Å². The average molecular weight is 333 g/mol. The van der Waals surface area contributed by atoms with Gasteiger partial charge in [0.1, 0.15) is 17.2 Å². The topological polar surface area (TPSA) is 71.3 Å². The molecule has 2 atom stereocenters. The summed E-state index contributed by atoms with van der Waals surface area (Å²) >= 11 is 0. The molecule has 1 aromatic heterocycles. The second-order valence-electron chi connectivity index (χ2n) is 7.70. The van der Waals surface area contributed by atoms with Gasteiger partial charge in [-0.2, -0.15) is 0 Å². The van der Waals surface area contributed by atoms with Gasteiger partial charge in [-0.1, -0.05) is 6.07 Å². The molecular weight excluding hydrogens is 306 g/mol. The highest BCUT2D eigenvalue weighted by atomic mass is 16.6. The standard InChI is InChI=1S/C18H27N3O3/c1-17(2,3)24-16(23)18(4,5)20-15(22)14-12-21(14)11-9-13-8-6-7-10-19-13/h6-8,10,14H,9,11-12H2,1-5H3,(H,20,22). The fourth-order valence-electron chi connectivity index (χ4n) is 2.32. The molecule has 1 aromatic rings. The van der Waals surface area contributed by atoms with Crippen LogP contribution in [0.5, 0.6) is 0 Å². The zero-order valence-electron chi connectivity index (χ0n) is 15.1. The zero-order chi connectivity index (χ0) is 18.0. The largest absolute Gasteiger partial charge is 0.458 e. The lowest BCUT2D eigenvalue weighted by Crippen LogP contribution is -2.53. The van der Waals surface area contributed by atoms with Crippen LogP contribution in [0.2, 0.25) is 0 Å². The summed E-state index contributed by atoms with van der Waals surface area (Å²) in [7, 11) is 0.